The average Bonchev–Trinajstić information content (AvgIpc) is 2.11. The van der Waals surface area contributed by atoms with Crippen LogP contribution in [0.3, 0.4) is 0 Å². The molecular weight excluding hydrogens is 218 g/mol. The van der Waals surface area contributed by atoms with Gasteiger partial charge in [-0.2, -0.15) is 0 Å². The second-order valence-electron chi connectivity index (χ2n) is 5.76. The zero-order valence-corrected chi connectivity index (χ0v) is 11.7. The van der Waals surface area contributed by atoms with E-state index < -0.39 is 6.04 Å². The van der Waals surface area contributed by atoms with Crippen molar-refractivity contribution >= 4 is 11.8 Å². The molecule has 0 aliphatic rings. The van der Waals surface area contributed by atoms with Gasteiger partial charge in [-0.3, -0.25) is 9.59 Å². The molecule has 0 rings (SSSR count). The molecule has 3 N–H and O–H groups in total. The van der Waals surface area contributed by atoms with E-state index in [0.29, 0.717) is 0 Å². The lowest BCUT2D eigenvalue weighted by Crippen LogP contribution is -2.50. The van der Waals surface area contributed by atoms with Gasteiger partial charge in [0.25, 0.3) is 0 Å². The van der Waals surface area contributed by atoms with Crippen LogP contribution in [0.1, 0.15) is 34.6 Å². The van der Waals surface area contributed by atoms with E-state index in [1.807, 2.05) is 34.6 Å². The summed E-state index contributed by atoms with van der Waals surface area (Å²) in [6, 6.07) is -0.553. The first-order chi connectivity index (χ1) is 7.54. The first-order valence-corrected chi connectivity index (χ1v) is 5.86. The Bertz CT molecular complexity index is 282. The van der Waals surface area contributed by atoms with Gasteiger partial charge in [0.15, 0.2) is 0 Å². The molecular formula is C12H25N3O2. The van der Waals surface area contributed by atoms with Gasteiger partial charge in [0.2, 0.25) is 11.8 Å². The van der Waals surface area contributed by atoms with Crippen molar-refractivity contribution in [3.05, 3.63) is 0 Å². The molecule has 5 nitrogen and oxygen atoms in total. The number of hydrogen-bond acceptors (Lipinski definition) is 3. The van der Waals surface area contributed by atoms with Gasteiger partial charge in [-0.15, -0.1) is 0 Å². The van der Waals surface area contributed by atoms with E-state index >= 15 is 0 Å². The van der Waals surface area contributed by atoms with Gasteiger partial charge < -0.3 is 16.0 Å². The molecule has 0 radical (unpaired) electrons. The summed E-state index contributed by atoms with van der Waals surface area (Å²) in [5.41, 5.74) is 5.45. The SMILES string of the molecule is CC(C)C(N)C(=O)N(C)CC(=O)NC(C)(C)C. The highest BCUT2D eigenvalue weighted by Crippen LogP contribution is 2.03. The van der Waals surface area contributed by atoms with Crippen LogP contribution in [0, 0.1) is 5.92 Å². The predicted molar refractivity (Wildman–Crippen MR) is 68.3 cm³/mol. The number of carbonyl (C=O) groups is 2. The van der Waals surface area contributed by atoms with Gasteiger partial charge in [-0.1, -0.05) is 13.8 Å². The standard InChI is InChI=1S/C12H25N3O2/c1-8(2)10(13)11(17)15(6)7-9(16)14-12(3,4)5/h8,10H,7,13H2,1-6H3,(H,14,16). The Hall–Kier alpha value is -1.10. The Morgan fingerprint density at radius 1 is 1.29 bits per heavy atom. The number of nitrogens with two attached hydrogens (primary N) is 1. The molecule has 0 fully saturated rings. The molecule has 2 amide bonds. The third-order valence-electron chi connectivity index (χ3n) is 2.27. The predicted octanol–water partition coefficient (Wildman–Crippen LogP) is 0.343. The Balaban J connectivity index is 4.31. The van der Waals surface area contributed by atoms with Crippen LogP contribution < -0.4 is 11.1 Å². The highest BCUT2D eigenvalue weighted by atomic mass is 16.2. The molecule has 1 unspecified atom stereocenters. The van der Waals surface area contributed by atoms with E-state index in [2.05, 4.69) is 5.32 Å². The molecule has 0 aromatic carbocycles. The number of amides is 2. The monoisotopic (exact) mass is 243 g/mol. The van der Waals surface area contributed by atoms with Gasteiger partial charge in [-0.25, -0.2) is 0 Å². The van der Waals surface area contributed by atoms with Crippen molar-refractivity contribution in [2.75, 3.05) is 13.6 Å². The van der Waals surface area contributed by atoms with Crippen molar-refractivity contribution in [1.29, 1.82) is 0 Å². The maximum Gasteiger partial charge on any atom is 0.240 e. The summed E-state index contributed by atoms with van der Waals surface area (Å²) < 4.78 is 0. The number of nitrogens with one attached hydrogen (secondary N) is 1. The van der Waals surface area contributed by atoms with E-state index in [9.17, 15) is 9.59 Å². The molecule has 17 heavy (non-hydrogen) atoms. The molecule has 0 spiro atoms. The Kier molecular flexibility index (Phi) is 5.61. The van der Waals surface area contributed by atoms with E-state index in [1.54, 1.807) is 7.05 Å². The highest BCUT2D eigenvalue weighted by Gasteiger charge is 2.23. The number of likely N-dealkylation sites (N-methyl/N-ethyl adjacent to an activating group) is 1. The molecule has 1 atom stereocenters. The highest BCUT2D eigenvalue weighted by molar-refractivity contribution is 5.87. The Morgan fingerprint density at radius 2 is 1.76 bits per heavy atom. The van der Waals surface area contributed by atoms with Gasteiger partial charge in [0.1, 0.15) is 0 Å². The van der Waals surface area contributed by atoms with Gasteiger partial charge in [0, 0.05) is 12.6 Å². The van der Waals surface area contributed by atoms with Gasteiger partial charge >= 0.3 is 0 Å². The zero-order valence-electron chi connectivity index (χ0n) is 11.7. The van der Waals surface area contributed by atoms with Crippen LogP contribution in [0.4, 0.5) is 0 Å². The molecule has 0 aromatic heterocycles. The summed E-state index contributed by atoms with van der Waals surface area (Å²) in [4.78, 5) is 24.8. The van der Waals surface area contributed by atoms with Crippen molar-refractivity contribution in [2.24, 2.45) is 11.7 Å². The summed E-state index contributed by atoms with van der Waals surface area (Å²) in [6.07, 6.45) is 0. The molecule has 0 saturated heterocycles. The maximum absolute atomic E-state index is 11.8. The van der Waals surface area contributed by atoms with E-state index in [4.69, 9.17) is 5.73 Å². The van der Waals surface area contributed by atoms with Crippen molar-refractivity contribution in [3.63, 3.8) is 0 Å². The zero-order chi connectivity index (χ0) is 13.8. The number of carbonyl (C=O) groups excluding carboxylic acids is 2. The minimum absolute atomic E-state index is 0.0382. The molecule has 100 valence electrons. The summed E-state index contributed by atoms with van der Waals surface area (Å²) in [7, 11) is 1.59. The number of nitrogens with zero attached hydrogens (tertiary/aromatic N) is 1. The van der Waals surface area contributed by atoms with Gasteiger partial charge in [-0.05, 0) is 26.7 Å². The first kappa shape index (κ1) is 15.9. The van der Waals surface area contributed by atoms with Crippen LogP contribution in [-0.2, 0) is 9.59 Å². The fourth-order valence-corrected chi connectivity index (χ4v) is 1.29. The van der Waals surface area contributed by atoms with Crippen LogP contribution in [0.15, 0.2) is 0 Å². The molecule has 0 heterocycles. The summed E-state index contributed by atoms with van der Waals surface area (Å²) in [6.45, 7) is 9.49. The smallest absolute Gasteiger partial charge is 0.240 e. The summed E-state index contributed by atoms with van der Waals surface area (Å²) in [5.74, 6) is -0.316. The minimum Gasteiger partial charge on any atom is -0.350 e. The molecule has 0 aliphatic heterocycles. The lowest BCUT2D eigenvalue weighted by Gasteiger charge is -2.25. The largest absolute Gasteiger partial charge is 0.350 e. The lowest BCUT2D eigenvalue weighted by molar-refractivity contribution is -0.136. The van der Waals surface area contributed by atoms with Crippen molar-refractivity contribution in [3.8, 4) is 0 Å². The Labute approximate surface area is 104 Å². The van der Waals surface area contributed by atoms with Crippen LogP contribution in [0.2, 0.25) is 0 Å². The minimum atomic E-state index is -0.553. The van der Waals surface area contributed by atoms with Crippen LogP contribution >= 0.6 is 0 Å². The Morgan fingerprint density at radius 3 is 2.12 bits per heavy atom. The molecule has 0 bridgehead atoms. The molecule has 0 saturated carbocycles. The topological polar surface area (TPSA) is 75.4 Å². The van der Waals surface area contributed by atoms with Crippen LogP contribution in [0.25, 0.3) is 0 Å². The fourth-order valence-electron chi connectivity index (χ4n) is 1.29. The quantitative estimate of drug-likeness (QED) is 0.748. The fraction of sp³-hybridized carbons (Fsp3) is 0.833. The summed E-state index contributed by atoms with van der Waals surface area (Å²) >= 11 is 0. The number of rotatable bonds is 4. The van der Waals surface area contributed by atoms with E-state index in [1.165, 1.54) is 4.90 Å². The number of hydrogen-bond donors (Lipinski definition) is 2. The maximum atomic E-state index is 11.8. The third kappa shape index (κ3) is 6.26. The van der Waals surface area contributed by atoms with Crippen LogP contribution in [0.5, 0.6) is 0 Å². The average molecular weight is 243 g/mol. The van der Waals surface area contributed by atoms with E-state index in [0.717, 1.165) is 0 Å². The second kappa shape index (κ2) is 6.00. The van der Waals surface area contributed by atoms with E-state index in [-0.39, 0.29) is 29.8 Å². The second-order valence-corrected chi connectivity index (χ2v) is 5.76. The lowest BCUT2D eigenvalue weighted by atomic mass is 10.0. The van der Waals surface area contributed by atoms with Crippen molar-refractivity contribution < 1.29 is 9.59 Å². The normalized spacial score (nSPS) is 13.4. The third-order valence-corrected chi connectivity index (χ3v) is 2.27. The molecule has 0 aliphatic carbocycles. The van der Waals surface area contributed by atoms with Crippen molar-refractivity contribution in [2.45, 2.75) is 46.2 Å². The molecule has 0 aromatic rings. The van der Waals surface area contributed by atoms with Gasteiger partial charge in [0.05, 0.1) is 12.6 Å². The first-order valence-electron chi connectivity index (χ1n) is 5.86. The summed E-state index contributed by atoms with van der Waals surface area (Å²) in [5, 5.41) is 2.80. The van der Waals surface area contributed by atoms with Crippen molar-refractivity contribution in [1.82, 2.24) is 10.2 Å². The van der Waals surface area contributed by atoms with Crippen LogP contribution in [-0.4, -0.2) is 41.9 Å². The molecule has 5 heteroatoms.